The molecule has 2 rings (SSSR count). The van der Waals surface area contributed by atoms with Crippen LogP contribution in [-0.4, -0.2) is 11.3 Å². The van der Waals surface area contributed by atoms with Crippen molar-refractivity contribution < 1.29 is 17.9 Å². The third kappa shape index (κ3) is 3.86. The lowest BCUT2D eigenvalue weighted by Gasteiger charge is -2.12. The standard InChI is InChI=1S/C14H8ClF3N2O/c15-13-8-20-7-12(11(13)4-5-19)9-2-1-3-10(6-9)21-14(16,17)18/h1-3,6-8H,4H2. The monoisotopic (exact) mass is 312 g/mol. The molecule has 0 radical (unpaired) electrons. The van der Waals surface area contributed by atoms with Gasteiger partial charge in [0.05, 0.1) is 17.5 Å². The highest BCUT2D eigenvalue weighted by Gasteiger charge is 2.31. The van der Waals surface area contributed by atoms with Crippen molar-refractivity contribution in [1.29, 1.82) is 5.26 Å². The summed E-state index contributed by atoms with van der Waals surface area (Å²) in [6.45, 7) is 0. The molecule has 1 heterocycles. The molecule has 21 heavy (non-hydrogen) atoms. The van der Waals surface area contributed by atoms with Gasteiger partial charge in [-0.15, -0.1) is 13.2 Å². The molecule has 2 aromatic rings. The minimum Gasteiger partial charge on any atom is -0.406 e. The average molecular weight is 313 g/mol. The number of ether oxygens (including phenoxy) is 1. The second kappa shape index (κ2) is 6.02. The summed E-state index contributed by atoms with van der Waals surface area (Å²) >= 11 is 5.98. The molecule has 0 saturated carbocycles. The Morgan fingerprint density at radius 1 is 1.29 bits per heavy atom. The largest absolute Gasteiger partial charge is 0.573 e. The normalized spacial score (nSPS) is 11.0. The summed E-state index contributed by atoms with van der Waals surface area (Å²) in [4.78, 5) is 3.90. The van der Waals surface area contributed by atoms with Gasteiger partial charge < -0.3 is 4.74 Å². The molecule has 0 aliphatic heterocycles. The molecule has 0 bridgehead atoms. The zero-order valence-corrected chi connectivity index (χ0v) is 11.2. The fraction of sp³-hybridized carbons (Fsp3) is 0.143. The molecule has 1 aromatic carbocycles. The van der Waals surface area contributed by atoms with E-state index in [0.717, 1.165) is 0 Å². The van der Waals surface area contributed by atoms with E-state index in [2.05, 4.69) is 9.72 Å². The molecule has 0 atom stereocenters. The maximum Gasteiger partial charge on any atom is 0.573 e. The van der Waals surface area contributed by atoms with Gasteiger partial charge in [-0.3, -0.25) is 4.98 Å². The number of benzene rings is 1. The second-order valence-electron chi connectivity index (χ2n) is 4.06. The predicted molar refractivity (Wildman–Crippen MR) is 70.7 cm³/mol. The van der Waals surface area contributed by atoms with Crippen LogP contribution in [0.4, 0.5) is 13.2 Å². The lowest BCUT2D eigenvalue weighted by atomic mass is 10.0. The number of nitriles is 1. The fourth-order valence-corrected chi connectivity index (χ4v) is 2.05. The van der Waals surface area contributed by atoms with Crippen LogP contribution in [0.3, 0.4) is 0 Å². The quantitative estimate of drug-likeness (QED) is 0.845. The van der Waals surface area contributed by atoms with Gasteiger partial charge in [-0.05, 0) is 23.3 Å². The summed E-state index contributed by atoms with van der Waals surface area (Å²) in [6, 6.07) is 7.40. The molecule has 0 N–H and O–H groups in total. The van der Waals surface area contributed by atoms with Gasteiger partial charge in [0, 0.05) is 18.0 Å². The lowest BCUT2D eigenvalue weighted by molar-refractivity contribution is -0.274. The highest BCUT2D eigenvalue weighted by molar-refractivity contribution is 6.31. The van der Waals surface area contributed by atoms with Gasteiger partial charge in [-0.2, -0.15) is 5.26 Å². The number of halogens is 4. The van der Waals surface area contributed by atoms with E-state index in [1.54, 1.807) is 6.07 Å². The van der Waals surface area contributed by atoms with Crippen molar-refractivity contribution in [2.45, 2.75) is 12.8 Å². The first-order valence-corrected chi connectivity index (χ1v) is 6.14. The van der Waals surface area contributed by atoms with E-state index in [1.807, 2.05) is 6.07 Å². The highest BCUT2D eigenvalue weighted by atomic mass is 35.5. The Kier molecular flexibility index (Phi) is 4.34. The highest BCUT2D eigenvalue weighted by Crippen LogP contribution is 2.32. The molecule has 3 nitrogen and oxygen atoms in total. The van der Waals surface area contributed by atoms with Crippen molar-refractivity contribution in [1.82, 2.24) is 4.98 Å². The Balaban J connectivity index is 2.46. The van der Waals surface area contributed by atoms with Crippen molar-refractivity contribution in [3.8, 4) is 22.9 Å². The van der Waals surface area contributed by atoms with Crippen molar-refractivity contribution >= 4 is 11.6 Å². The van der Waals surface area contributed by atoms with Crippen LogP contribution < -0.4 is 4.74 Å². The number of nitrogens with zero attached hydrogens (tertiary/aromatic N) is 2. The predicted octanol–water partition coefficient (Wildman–Crippen LogP) is 4.37. The molecule has 0 spiro atoms. The van der Waals surface area contributed by atoms with Gasteiger partial charge in [-0.25, -0.2) is 0 Å². The third-order valence-corrected chi connectivity index (χ3v) is 2.97. The Labute approximate surface area is 123 Å². The lowest BCUT2D eigenvalue weighted by Crippen LogP contribution is -2.17. The molecular formula is C14H8ClF3N2O. The molecule has 0 fully saturated rings. The van der Waals surface area contributed by atoms with Crippen molar-refractivity contribution in [3.63, 3.8) is 0 Å². The summed E-state index contributed by atoms with van der Waals surface area (Å²) in [5.74, 6) is -0.345. The minimum atomic E-state index is -4.76. The van der Waals surface area contributed by atoms with Crippen LogP contribution in [0.15, 0.2) is 36.7 Å². The average Bonchev–Trinajstić information content (AvgIpc) is 2.39. The topological polar surface area (TPSA) is 45.9 Å². The molecule has 0 saturated heterocycles. The van der Waals surface area contributed by atoms with Gasteiger partial charge in [0.1, 0.15) is 5.75 Å². The molecule has 7 heteroatoms. The minimum absolute atomic E-state index is 0.0288. The van der Waals surface area contributed by atoms with Gasteiger partial charge in [-0.1, -0.05) is 23.7 Å². The summed E-state index contributed by atoms with van der Waals surface area (Å²) < 4.78 is 40.6. The maximum atomic E-state index is 12.2. The number of aromatic nitrogens is 1. The SMILES string of the molecule is N#CCc1c(Cl)cncc1-c1cccc(OC(F)(F)F)c1. The van der Waals surface area contributed by atoms with E-state index < -0.39 is 6.36 Å². The third-order valence-electron chi connectivity index (χ3n) is 2.64. The molecular weight excluding hydrogens is 305 g/mol. The van der Waals surface area contributed by atoms with Crippen LogP contribution in [0.2, 0.25) is 5.02 Å². The van der Waals surface area contributed by atoms with Gasteiger partial charge in [0.25, 0.3) is 0 Å². The fourth-order valence-electron chi connectivity index (χ4n) is 1.83. The summed E-state index contributed by atoms with van der Waals surface area (Å²) in [5.41, 5.74) is 1.45. The first-order chi connectivity index (χ1) is 9.90. The molecule has 108 valence electrons. The van der Waals surface area contributed by atoms with E-state index in [9.17, 15) is 13.2 Å². The van der Waals surface area contributed by atoms with Crippen LogP contribution in [0, 0.1) is 11.3 Å². The van der Waals surface area contributed by atoms with Gasteiger partial charge in [0.2, 0.25) is 0 Å². The van der Waals surface area contributed by atoms with E-state index >= 15 is 0 Å². The number of hydrogen-bond donors (Lipinski definition) is 0. The van der Waals surface area contributed by atoms with Gasteiger partial charge >= 0.3 is 6.36 Å². The molecule has 1 aromatic heterocycles. The van der Waals surface area contributed by atoms with Crippen molar-refractivity contribution in [2.75, 3.05) is 0 Å². The molecule has 0 unspecified atom stereocenters. The number of alkyl halides is 3. The van der Waals surface area contributed by atoms with E-state index in [1.165, 1.54) is 30.6 Å². The Hall–Kier alpha value is -2.26. The Bertz CT molecular complexity index is 695. The number of hydrogen-bond acceptors (Lipinski definition) is 3. The molecule has 0 amide bonds. The maximum absolute atomic E-state index is 12.2. The van der Waals surface area contributed by atoms with Crippen LogP contribution in [0.5, 0.6) is 5.75 Å². The summed E-state index contributed by atoms with van der Waals surface area (Å²) in [6.07, 6.45) is -1.90. The zero-order chi connectivity index (χ0) is 15.5. The Morgan fingerprint density at radius 2 is 2.05 bits per heavy atom. The van der Waals surface area contributed by atoms with Crippen molar-refractivity contribution in [2.24, 2.45) is 0 Å². The Morgan fingerprint density at radius 3 is 2.71 bits per heavy atom. The van der Waals surface area contributed by atoms with E-state index in [4.69, 9.17) is 16.9 Å². The van der Waals surface area contributed by atoms with Gasteiger partial charge in [0.15, 0.2) is 0 Å². The zero-order valence-electron chi connectivity index (χ0n) is 10.5. The first-order valence-electron chi connectivity index (χ1n) is 5.76. The van der Waals surface area contributed by atoms with Crippen molar-refractivity contribution in [3.05, 3.63) is 47.2 Å². The van der Waals surface area contributed by atoms with Crippen LogP contribution in [0.25, 0.3) is 11.1 Å². The summed E-state index contributed by atoms with van der Waals surface area (Å²) in [7, 11) is 0. The first kappa shape index (κ1) is 15.1. The molecule has 0 aliphatic carbocycles. The van der Waals surface area contributed by atoms with Crippen LogP contribution in [-0.2, 0) is 6.42 Å². The van der Waals surface area contributed by atoms with E-state index in [-0.39, 0.29) is 17.2 Å². The second-order valence-corrected chi connectivity index (χ2v) is 4.47. The summed E-state index contributed by atoms with van der Waals surface area (Å²) in [5, 5.41) is 9.11. The molecule has 0 aliphatic rings. The number of rotatable bonds is 3. The van der Waals surface area contributed by atoms with E-state index in [0.29, 0.717) is 16.7 Å². The van der Waals surface area contributed by atoms with Crippen LogP contribution in [0.1, 0.15) is 5.56 Å². The number of pyridine rings is 1. The smallest absolute Gasteiger partial charge is 0.406 e. The van der Waals surface area contributed by atoms with Crippen LogP contribution >= 0.6 is 11.6 Å².